The van der Waals surface area contributed by atoms with Crippen LogP contribution in [0, 0.1) is 17.1 Å². The summed E-state index contributed by atoms with van der Waals surface area (Å²) < 4.78 is 14.4. The number of rotatable bonds is 6. The third-order valence-corrected chi connectivity index (χ3v) is 4.92. The molecule has 1 unspecified atom stereocenters. The molecular weight excluding hydrogens is 407 g/mol. The first-order chi connectivity index (χ1) is 14.4. The lowest BCUT2D eigenvalue weighted by Crippen LogP contribution is -2.18. The zero-order valence-corrected chi connectivity index (χ0v) is 16.5. The van der Waals surface area contributed by atoms with Gasteiger partial charge in [0.15, 0.2) is 10.9 Å². The Morgan fingerprint density at radius 3 is 2.70 bits per heavy atom. The van der Waals surface area contributed by atoms with Crippen molar-refractivity contribution in [2.75, 3.05) is 10.6 Å². The molecule has 0 saturated heterocycles. The van der Waals surface area contributed by atoms with Gasteiger partial charge in [0.25, 0.3) is 0 Å². The summed E-state index contributed by atoms with van der Waals surface area (Å²) in [5.41, 5.74) is 0.978. The summed E-state index contributed by atoms with van der Waals surface area (Å²) in [6, 6.07) is 9.24. The molecule has 0 radical (unpaired) electrons. The molecule has 2 N–H and O–H groups in total. The number of aromatic nitrogens is 3. The van der Waals surface area contributed by atoms with E-state index in [-0.39, 0.29) is 23.0 Å². The normalized spacial score (nSPS) is 11.2. The van der Waals surface area contributed by atoms with Gasteiger partial charge in [-0.25, -0.2) is 9.37 Å². The second-order valence-corrected chi connectivity index (χ2v) is 7.12. The summed E-state index contributed by atoms with van der Waals surface area (Å²) in [5.74, 6) is -1.72. The molecule has 0 fully saturated rings. The predicted octanol–water partition coefficient (Wildman–Crippen LogP) is 3.48. The number of thiazole rings is 1. The highest BCUT2D eigenvalue weighted by atomic mass is 32.1. The summed E-state index contributed by atoms with van der Waals surface area (Å²) >= 11 is 1.06. The number of hydrogen-bond acceptors (Lipinski definition) is 7. The summed E-state index contributed by atoms with van der Waals surface area (Å²) in [5, 5.41) is 22.1. The molecule has 3 rings (SSSR count). The van der Waals surface area contributed by atoms with Gasteiger partial charge < -0.3 is 10.6 Å². The van der Waals surface area contributed by atoms with E-state index >= 15 is 0 Å². The highest BCUT2D eigenvalue weighted by Gasteiger charge is 2.19. The minimum atomic E-state index is -0.613. The summed E-state index contributed by atoms with van der Waals surface area (Å²) in [6.45, 7) is 5.02. The standard InChI is InChI=1S/C20H15FN6O2S/c1-3-18(28)24-17-7-6-16(26-27-17)14-8-12(4-5-15(14)21)11(2)19(29)25-20-23-10-13(9-22)30-20/h3-8,10-11H,1H2,2H3,(H,23,25,29)(H,24,27,28). The van der Waals surface area contributed by atoms with Gasteiger partial charge in [-0.2, -0.15) is 5.26 Å². The first-order valence-electron chi connectivity index (χ1n) is 8.65. The molecule has 2 aromatic heterocycles. The lowest BCUT2D eigenvalue weighted by molar-refractivity contribution is -0.117. The van der Waals surface area contributed by atoms with E-state index < -0.39 is 17.6 Å². The molecule has 0 aliphatic carbocycles. The van der Waals surface area contributed by atoms with E-state index in [1.807, 2.05) is 6.07 Å². The maximum absolute atomic E-state index is 14.4. The van der Waals surface area contributed by atoms with E-state index in [4.69, 9.17) is 5.26 Å². The minimum absolute atomic E-state index is 0.169. The van der Waals surface area contributed by atoms with Crippen molar-refractivity contribution in [3.05, 3.63) is 65.4 Å². The Hall–Kier alpha value is -3.97. The zero-order chi connectivity index (χ0) is 21.7. The zero-order valence-electron chi connectivity index (χ0n) is 15.7. The van der Waals surface area contributed by atoms with Crippen LogP contribution in [0.1, 0.15) is 23.3 Å². The van der Waals surface area contributed by atoms with Crippen LogP contribution in [0.2, 0.25) is 0 Å². The molecule has 2 heterocycles. The van der Waals surface area contributed by atoms with Crippen LogP contribution in [0.5, 0.6) is 0 Å². The first kappa shape index (κ1) is 20.8. The maximum Gasteiger partial charge on any atom is 0.248 e. The lowest BCUT2D eigenvalue weighted by Gasteiger charge is -2.13. The number of anilines is 2. The Balaban J connectivity index is 1.80. The van der Waals surface area contributed by atoms with Crippen molar-refractivity contribution >= 4 is 34.1 Å². The van der Waals surface area contributed by atoms with Crippen LogP contribution in [0.4, 0.5) is 15.3 Å². The van der Waals surface area contributed by atoms with E-state index in [2.05, 4.69) is 32.4 Å². The quantitative estimate of drug-likeness (QED) is 0.587. The molecule has 8 nitrogen and oxygen atoms in total. The largest absolute Gasteiger partial charge is 0.306 e. The third kappa shape index (κ3) is 4.71. The number of nitriles is 1. The van der Waals surface area contributed by atoms with Gasteiger partial charge in [-0.1, -0.05) is 24.0 Å². The van der Waals surface area contributed by atoms with Crippen LogP contribution in [0.25, 0.3) is 11.3 Å². The Kier molecular flexibility index (Phi) is 6.24. The SMILES string of the molecule is C=CC(=O)Nc1ccc(-c2cc(C(C)C(=O)Nc3ncc(C#N)s3)ccc2F)nn1. The molecule has 0 aliphatic rings. The van der Waals surface area contributed by atoms with Gasteiger partial charge in [0, 0.05) is 5.56 Å². The Labute approximate surface area is 175 Å². The maximum atomic E-state index is 14.4. The van der Waals surface area contributed by atoms with Gasteiger partial charge in [0.1, 0.15) is 16.8 Å². The molecule has 0 spiro atoms. The van der Waals surface area contributed by atoms with Crippen molar-refractivity contribution in [1.82, 2.24) is 15.2 Å². The molecule has 3 aromatic rings. The summed E-state index contributed by atoms with van der Waals surface area (Å²) in [6.07, 6.45) is 2.47. The fourth-order valence-corrected chi connectivity index (χ4v) is 3.09. The van der Waals surface area contributed by atoms with Gasteiger partial charge in [-0.3, -0.25) is 9.59 Å². The highest BCUT2D eigenvalue weighted by molar-refractivity contribution is 7.16. The van der Waals surface area contributed by atoms with Crippen molar-refractivity contribution in [1.29, 1.82) is 5.26 Å². The number of carbonyl (C=O) groups excluding carboxylic acids is 2. The van der Waals surface area contributed by atoms with Crippen molar-refractivity contribution in [2.45, 2.75) is 12.8 Å². The monoisotopic (exact) mass is 422 g/mol. The molecule has 0 aliphatic heterocycles. The average molecular weight is 422 g/mol. The molecular formula is C20H15FN6O2S. The van der Waals surface area contributed by atoms with Crippen LogP contribution in [-0.4, -0.2) is 27.0 Å². The van der Waals surface area contributed by atoms with E-state index in [0.717, 1.165) is 17.4 Å². The van der Waals surface area contributed by atoms with E-state index in [1.165, 1.54) is 36.5 Å². The average Bonchev–Trinajstić information content (AvgIpc) is 3.21. The number of hydrogen-bond donors (Lipinski definition) is 2. The van der Waals surface area contributed by atoms with Crippen LogP contribution in [-0.2, 0) is 9.59 Å². The molecule has 0 saturated carbocycles. The fraction of sp³-hybridized carbons (Fsp3) is 0.100. The second kappa shape index (κ2) is 9.02. The number of benzene rings is 1. The topological polar surface area (TPSA) is 121 Å². The smallest absolute Gasteiger partial charge is 0.248 e. The van der Waals surface area contributed by atoms with Crippen LogP contribution in [0.3, 0.4) is 0 Å². The number of carbonyl (C=O) groups is 2. The Morgan fingerprint density at radius 2 is 2.07 bits per heavy atom. The van der Waals surface area contributed by atoms with E-state index in [0.29, 0.717) is 15.6 Å². The fourth-order valence-electron chi connectivity index (χ4n) is 2.48. The van der Waals surface area contributed by atoms with Crippen LogP contribution in [0.15, 0.2) is 49.2 Å². The molecule has 2 amide bonds. The van der Waals surface area contributed by atoms with Crippen LogP contribution >= 0.6 is 11.3 Å². The molecule has 1 atom stereocenters. The molecule has 10 heteroatoms. The molecule has 0 bridgehead atoms. The number of nitrogens with one attached hydrogen (secondary N) is 2. The number of halogens is 1. The van der Waals surface area contributed by atoms with Gasteiger partial charge in [-0.05, 0) is 42.8 Å². The predicted molar refractivity (Wildman–Crippen MR) is 110 cm³/mol. The third-order valence-electron chi connectivity index (χ3n) is 4.11. The van der Waals surface area contributed by atoms with E-state index in [1.54, 1.807) is 6.92 Å². The van der Waals surface area contributed by atoms with Gasteiger partial charge >= 0.3 is 0 Å². The molecule has 30 heavy (non-hydrogen) atoms. The summed E-state index contributed by atoms with van der Waals surface area (Å²) in [7, 11) is 0. The second-order valence-electron chi connectivity index (χ2n) is 6.09. The van der Waals surface area contributed by atoms with Crippen LogP contribution < -0.4 is 10.6 Å². The van der Waals surface area contributed by atoms with Gasteiger partial charge in [-0.15, -0.1) is 10.2 Å². The molecule has 150 valence electrons. The van der Waals surface area contributed by atoms with Crippen molar-refractivity contribution in [3.63, 3.8) is 0 Å². The minimum Gasteiger partial charge on any atom is -0.306 e. The number of amides is 2. The van der Waals surface area contributed by atoms with Crippen molar-refractivity contribution in [3.8, 4) is 17.3 Å². The first-order valence-corrected chi connectivity index (χ1v) is 9.46. The van der Waals surface area contributed by atoms with Gasteiger partial charge in [0.05, 0.1) is 17.8 Å². The lowest BCUT2D eigenvalue weighted by atomic mass is 9.97. The highest BCUT2D eigenvalue weighted by Crippen LogP contribution is 2.27. The van der Waals surface area contributed by atoms with E-state index in [9.17, 15) is 14.0 Å². The molecule has 1 aromatic carbocycles. The number of nitrogens with zero attached hydrogens (tertiary/aromatic N) is 4. The Morgan fingerprint density at radius 1 is 1.27 bits per heavy atom. The Bertz CT molecular complexity index is 1150. The van der Waals surface area contributed by atoms with Crippen molar-refractivity contribution in [2.24, 2.45) is 0 Å². The van der Waals surface area contributed by atoms with Gasteiger partial charge in [0.2, 0.25) is 11.8 Å². The van der Waals surface area contributed by atoms with Crippen molar-refractivity contribution < 1.29 is 14.0 Å². The summed E-state index contributed by atoms with van der Waals surface area (Å²) in [4.78, 5) is 28.2.